The molecule has 0 unspecified atom stereocenters. The molecule has 0 heterocycles. The van der Waals surface area contributed by atoms with Gasteiger partial charge in [0, 0.05) is 0 Å². The number of unbranched alkanes of at least 4 members (excludes halogenated alkanes) is 14. The largest absolute Gasteiger partial charge is 0.330 e. The summed E-state index contributed by atoms with van der Waals surface area (Å²) in [4.78, 5) is 0. The third-order valence-corrected chi connectivity index (χ3v) is 4.01. The molecule has 1 heteroatoms. The minimum atomic E-state index is 0.867. The lowest BCUT2D eigenvalue weighted by Gasteiger charge is -1.99. The van der Waals surface area contributed by atoms with Crippen LogP contribution in [0.5, 0.6) is 0 Å². The van der Waals surface area contributed by atoms with Crippen LogP contribution in [0.4, 0.5) is 0 Å². The second-order valence-corrected chi connectivity index (χ2v) is 6.38. The van der Waals surface area contributed by atoms with Crippen LogP contribution in [-0.2, 0) is 0 Å². The first-order valence-electron chi connectivity index (χ1n) is 10.0. The minimum absolute atomic E-state index is 0.867. The lowest BCUT2D eigenvalue weighted by molar-refractivity contribution is 0.562. The average Bonchev–Trinajstić information content (AvgIpc) is 2.51. The smallest absolute Gasteiger partial charge is 0.00773 e. The van der Waals surface area contributed by atoms with Gasteiger partial charge in [-0.1, -0.05) is 117 Å². The Labute approximate surface area is 136 Å². The van der Waals surface area contributed by atoms with E-state index >= 15 is 0 Å². The van der Waals surface area contributed by atoms with Crippen LogP contribution in [0.1, 0.15) is 124 Å². The van der Waals surface area contributed by atoms with Crippen molar-refractivity contribution < 1.29 is 0 Å². The molecule has 0 atom stereocenters. The Balaban J connectivity index is 0. The molecular formula is C20H45N. The molecule has 0 aliphatic rings. The van der Waals surface area contributed by atoms with Crippen LogP contribution >= 0.6 is 0 Å². The molecule has 130 valence electrons. The number of nitrogens with two attached hydrogens (primary N) is 1. The van der Waals surface area contributed by atoms with Crippen molar-refractivity contribution >= 4 is 0 Å². The molecule has 0 aromatic heterocycles. The fourth-order valence-electron chi connectivity index (χ4n) is 2.49. The minimum Gasteiger partial charge on any atom is -0.330 e. The monoisotopic (exact) mass is 299 g/mol. The Morgan fingerprint density at radius 3 is 0.857 bits per heavy atom. The van der Waals surface area contributed by atoms with E-state index in [1.165, 1.54) is 103 Å². The Bertz CT molecular complexity index is 129. The van der Waals surface area contributed by atoms with Crippen molar-refractivity contribution in [2.75, 3.05) is 6.54 Å². The van der Waals surface area contributed by atoms with Gasteiger partial charge in [0.25, 0.3) is 0 Å². The van der Waals surface area contributed by atoms with E-state index in [1.54, 1.807) is 0 Å². The Morgan fingerprint density at radius 2 is 0.619 bits per heavy atom. The zero-order valence-corrected chi connectivity index (χ0v) is 15.6. The summed E-state index contributed by atoms with van der Waals surface area (Å²) in [5, 5.41) is 0. The van der Waals surface area contributed by atoms with Gasteiger partial charge in [0.15, 0.2) is 0 Å². The topological polar surface area (TPSA) is 26.0 Å². The molecule has 0 aliphatic carbocycles. The number of rotatable bonds is 15. The Kier molecular flexibility index (Phi) is 27.6. The summed E-state index contributed by atoms with van der Waals surface area (Å²) in [6.45, 7) is 7.66. The van der Waals surface area contributed by atoms with E-state index in [0.717, 1.165) is 6.54 Å². The Hall–Kier alpha value is -0.0400. The van der Waals surface area contributed by atoms with E-state index < -0.39 is 0 Å². The number of hydrogen-bond donors (Lipinski definition) is 1. The molecule has 1 nitrogen and oxygen atoms in total. The van der Waals surface area contributed by atoms with Gasteiger partial charge in [-0.05, 0) is 13.0 Å². The number of hydrogen-bond acceptors (Lipinski definition) is 1. The molecule has 0 spiro atoms. The standard InChI is InChI=1S/C12H26.C8H19N/c1-3-5-7-9-11-12-10-8-6-4-2;1-2-3-4-5-6-7-8-9/h3-12H2,1-2H3;2-9H2,1H3. The summed E-state index contributed by atoms with van der Waals surface area (Å²) in [6.07, 6.45) is 22.5. The summed E-state index contributed by atoms with van der Waals surface area (Å²) in [5.41, 5.74) is 5.34. The first kappa shape index (κ1) is 23.2. The van der Waals surface area contributed by atoms with Crippen molar-refractivity contribution in [2.24, 2.45) is 5.73 Å². The summed E-state index contributed by atoms with van der Waals surface area (Å²) in [5.74, 6) is 0. The van der Waals surface area contributed by atoms with Crippen LogP contribution in [0.15, 0.2) is 0 Å². The predicted molar refractivity (Wildman–Crippen MR) is 99.9 cm³/mol. The van der Waals surface area contributed by atoms with Gasteiger partial charge in [0.05, 0.1) is 0 Å². The van der Waals surface area contributed by atoms with Crippen LogP contribution < -0.4 is 5.73 Å². The SMILES string of the molecule is CCCCCCCCCCCC.CCCCCCCCN. The van der Waals surface area contributed by atoms with E-state index in [9.17, 15) is 0 Å². The van der Waals surface area contributed by atoms with E-state index in [0.29, 0.717) is 0 Å². The van der Waals surface area contributed by atoms with Gasteiger partial charge >= 0.3 is 0 Å². The molecule has 0 radical (unpaired) electrons. The van der Waals surface area contributed by atoms with Gasteiger partial charge in [0.2, 0.25) is 0 Å². The third-order valence-electron chi connectivity index (χ3n) is 4.01. The highest BCUT2D eigenvalue weighted by molar-refractivity contribution is 4.46. The fourth-order valence-corrected chi connectivity index (χ4v) is 2.49. The van der Waals surface area contributed by atoms with Gasteiger partial charge < -0.3 is 5.73 Å². The highest BCUT2D eigenvalue weighted by Crippen LogP contribution is 2.09. The van der Waals surface area contributed by atoms with E-state index in [4.69, 9.17) is 5.73 Å². The molecule has 21 heavy (non-hydrogen) atoms. The van der Waals surface area contributed by atoms with Crippen molar-refractivity contribution in [1.29, 1.82) is 0 Å². The quantitative estimate of drug-likeness (QED) is 0.317. The van der Waals surface area contributed by atoms with E-state index in [2.05, 4.69) is 20.8 Å². The molecule has 0 fully saturated rings. The molecular weight excluding hydrogens is 254 g/mol. The van der Waals surface area contributed by atoms with Crippen molar-refractivity contribution in [3.63, 3.8) is 0 Å². The lowest BCUT2D eigenvalue weighted by Crippen LogP contribution is -1.97. The molecule has 0 saturated carbocycles. The molecule has 0 amide bonds. The van der Waals surface area contributed by atoms with Crippen LogP contribution in [0, 0.1) is 0 Å². The molecule has 0 rings (SSSR count). The van der Waals surface area contributed by atoms with Crippen LogP contribution in [0.2, 0.25) is 0 Å². The molecule has 0 aromatic rings. The maximum atomic E-state index is 5.34. The summed E-state index contributed by atoms with van der Waals surface area (Å²) >= 11 is 0. The molecule has 0 aromatic carbocycles. The predicted octanol–water partition coefficient (Wildman–Crippen LogP) is 7.23. The van der Waals surface area contributed by atoms with Crippen molar-refractivity contribution in [3.8, 4) is 0 Å². The van der Waals surface area contributed by atoms with E-state index in [1.807, 2.05) is 0 Å². The highest BCUT2D eigenvalue weighted by Gasteiger charge is 1.90. The van der Waals surface area contributed by atoms with Gasteiger partial charge in [-0.2, -0.15) is 0 Å². The van der Waals surface area contributed by atoms with Gasteiger partial charge in [-0.3, -0.25) is 0 Å². The summed E-state index contributed by atoms with van der Waals surface area (Å²) in [6, 6.07) is 0. The Morgan fingerprint density at radius 1 is 0.381 bits per heavy atom. The zero-order chi connectivity index (χ0) is 16.0. The lowest BCUT2D eigenvalue weighted by atomic mass is 10.1. The second kappa shape index (κ2) is 24.9. The second-order valence-electron chi connectivity index (χ2n) is 6.38. The van der Waals surface area contributed by atoms with Crippen molar-refractivity contribution in [3.05, 3.63) is 0 Å². The first-order valence-corrected chi connectivity index (χ1v) is 10.0. The van der Waals surface area contributed by atoms with Crippen LogP contribution in [0.25, 0.3) is 0 Å². The third kappa shape index (κ3) is 28.8. The summed E-state index contributed by atoms with van der Waals surface area (Å²) in [7, 11) is 0. The van der Waals surface area contributed by atoms with Crippen LogP contribution in [0.3, 0.4) is 0 Å². The molecule has 0 aliphatic heterocycles. The van der Waals surface area contributed by atoms with Gasteiger partial charge in [-0.15, -0.1) is 0 Å². The zero-order valence-electron chi connectivity index (χ0n) is 15.6. The maximum Gasteiger partial charge on any atom is -0.00773 e. The molecule has 0 saturated heterocycles. The molecule has 0 bridgehead atoms. The average molecular weight is 300 g/mol. The highest BCUT2D eigenvalue weighted by atomic mass is 14.5. The fraction of sp³-hybridized carbons (Fsp3) is 1.00. The van der Waals surface area contributed by atoms with Crippen LogP contribution in [-0.4, -0.2) is 6.54 Å². The van der Waals surface area contributed by atoms with E-state index in [-0.39, 0.29) is 0 Å². The summed E-state index contributed by atoms with van der Waals surface area (Å²) < 4.78 is 0. The van der Waals surface area contributed by atoms with Crippen molar-refractivity contribution in [2.45, 2.75) is 124 Å². The van der Waals surface area contributed by atoms with Gasteiger partial charge in [-0.25, -0.2) is 0 Å². The molecule has 2 N–H and O–H groups in total. The van der Waals surface area contributed by atoms with Gasteiger partial charge in [0.1, 0.15) is 0 Å². The maximum absolute atomic E-state index is 5.34. The van der Waals surface area contributed by atoms with Crippen molar-refractivity contribution in [1.82, 2.24) is 0 Å². The first-order chi connectivity index (χ1) is 10.3. The normalized spacial score (nSPS) is 10.3.